The molecule has 0 unspecified atom stereocenters. The highest BCUT2D eigenvalue weighted by Gasteiger charge is 2.43. The fourth-order valence-corrected chi connectivity index (χ4v) is 2.88. The third-order valence-corrected chi connectivity index (χ3v) is 4.04. The first kappa shape index (κ1) is 12.2. The molecule has 2 saturated heterocycles. The van der Waals surface area contributed by atoms with Gasteiger partial charge >= 0.3 is 6.03 Å². The molecule has 6 heteroatoms. The van der Waals surface area contributed by atoms with Gasteiger partial charge in [-0.25, -0.2) is 4.79 Å². The molecule has 1 atom stereocenters. The van der Waals surface area contributed by atoms with E-state index in [4.69, 9.17) is 0 Å². The SMILES string of the molecule is O=C([C@H]1CC=CCC1)N1CC(N2C(=O)CNC2=O)C1. The molecule has 2 aliphatic heterocycles. The van der Waals surface area contributed by atoms with E-state index >= 15 is 0 Å². The lowest BCUT2D eigenvalue weighted by Gasteiger charge is -2.44. The van der Waals surface area contributed by atoms with Crippen molar-refractivity contribution in [3.05, 3.63) is 12.2 Å². The molecule has 19 heavy (non-hydrogen) atoms. The fourth-order valence-electron chi connectivity index (χ4n) is 2.88. The Labute approximate surface area is 111 Å². The minimum absolute atomic E-state index is 0.0778. The number of amides is 4. The maximum absolute atomic E-state index is 12.2. The van der Waals surface area contributed by atoms with Gasteiger partial charge in [0.25, 0.3) is 0 Å². The highest BCUT2D eigenvalue weighted by atomic mass is 16.2. The zero-order valence-electron chi connectivity index (χ0n) is 10.7. The Morgan fingerprint density at radius 2 is 2.05 bits per heavy atom. The molecule has 0 bridgehead atoms. The molecule has 0 spiro atoms. The van der Waals surface area contributed by atoms with Crippen molar-refractivity contribution in [2.45, 2.75) is 25.3 Å². The highest BCUT2D eigenvalue weighted by Crippen LogP contribution is 2.25. The highest BCUT2D eigenvalue weighted by molar-refractivity contribution is 6.02. The van der Waals surface area contributed by atoms with E-state index in [1.54, 1.807) is 4.90 Å². The van der Waals surface area contributed by atoms with Crippen LogP contribution in [-0.4, -0.2) is 53.3 Å². The van der Waals surface area contributed by atoms with Gasteiger partial charge in [0.05, 0.1) is 12.6 Å². The second-order valence-electron chi connectivity index (χ2n) is 5.30. The largest absolute Gasteiger partial charge is 0.338 e. The Balaban J connectivity index is 1.55. The molecule has 2 fully saturated rings. The van der Waals surface area contributed by atoms with Crippen LogP contribution in [0.3, 0.4) is 0 Å². The smallest absolute Gasteiger partial charge is 0.324 e. The molecule has 0 aromatic heterocycles. The van der Waals surface area contributed by atoms with Crippen molar-refractivity contribution < 1.29 is 14.4 Å². The van der Waals surface area contributed by atoms with Gasteiger partial charge in [0.2, 0.25) is 11.8 Å². The average Bonchev–Trinajstić information content (AvgIpc) is 2.70. The van der Waals surface area contributed by atoms with E-state index in [0.29, 0.717) is 13.1 Å². The lowest BCUT2D eigenvalue weighted by atomic mass is 9.91. The van der Waals surface area contributed by atoms with Crippen LogP contribution >= 0.6 is 0 Å². The van der Waals surface area contributed by atoms with Gasteiger partial charge in [-0.15, -0.1) is 0 Å². The summed E-state index contributed by atoms with van der Waals surface area (Å²) in [6.45, 7) is 1.05. The molecule has 1 N–H and O–H groups in total. The van der Waals surface area contributed by atoms with E-state index in [0.717, 1.165) is 19.3 Å². The van der Waals surface area contributed by atoms with Gasteiger partial charge in [-0.05, 0) is 19.3 Å². The van der Waals surface area contributed by atoms with Crippen LogP contribution in [0.2, 0.25) is 0 Å². The van der Waals surface area contributed by atoms with Crippen LogP contribution in [0.4, 0.5) is 4.79 Å². The standard InChI is InChI=1S/C13H17N3O3/c17-11-6-14-13(19)16(11)10-7-15(8-10)12(18)9-4-2-1-3-5-9/h1-2,9-10H,3-8H2,(H,14,19)/t9-/m0/s1. The third-order valence-electron chi connectivity index (χ3n) is 4.04. The molecule has 1 aliphatic carbocycles. The number of nitrogens with one attached hydrogen (secondary N) is 1. The predicted molar refractivity (Wildman–Crippen MR) is 67.1 cm³/mol. The third kappa shape index (κ3) is 2.11. The van der Waals surface area contributed by atoms with Gasteiger partial charge < -0.3 is 10.2 Å². The van der Waals surface area contributed by atoms with Gasteiger partial charge in [-0.2, -0.15) is 0 Å². The van der Waals surface area contributed by atoms with E-state index in [9.17, 15) is 14.4 Å². The van der Waals surface area contributed by atoms with E-state index in [2.05, 4.69) is 17.5 Å². The van der Waals surface area contributed by atoms with Crippen molar-refractivity contribution in [1.82, 2.24) is 15.1 Å². The first-order valence-electron chi connectivity index (χ1n) is 6.70. The molecule has 6 nitrogen and oxygen atoms in total. The Morgan fingerprint density at radius 3 is 2.63 bits per heavy atom. The number of hydrogen-bond donors (Lipinski definition) is 1. The molecule has 3 aliphatic rings. The minimum atomic E-state index is -0.331. The number of carbonyl (C=O) groups excluding carboxylic acids is 3. The lowest BCUT2D eigenvalue weighted by molar-refractivity contribution is -0.145. The Bertz CT molecular complexity index is 438. The quantitative estimate of drug-likeness (QED) is 0.567. The number of urea groups is 1. The predicted octanol–water partition coefficient (Wildman–Crippen LogP) is 0.105. The summed E-state index contributed by atoms with van der Waals surface area (Å²) >= 11 is 0. The number of allylic oxidation sites excluding steroid dienone is 2. The summed E-state index contributed by atoms with van der Waals surface area (Å²) in [5.41, 5.74) is 0. The Kier molecular flexibility index (Phi) is 3.00. The summed E-state index contributed by atoms with van der Waals surface area (Å²) in [5.74, 6) is 0.0457. The van der Waals surface area contributed by atoms with E-state index in [-0.39, 0.29) is 36.3 Å². The molecule has 102 valence electrons. The molecule has 0 radical (unpaired) electrons. The van der Waals surface area contributed by atoms with Crippen LogP contribution in [0, 0.1) is 5.92 Å². The van der Waals surface area contributed by atoms with Crippen molar-refractivity contribution >= 4 is 17.8 Å². The number of nitrogens with zero attached hydrogens (tertiary/aromatic N) is 2. The normalized spacial score (nSPS) is 27.5. The van der Waals surface area contributed by atoms with Gasteiger partial charge in [-0.1, -0.05) is 12.2 Å². The van der Waals surface area contributed by atoms with Crippen LogP contribution in [-0.2, 0) is 9.59 Å². The van der Waals surface area contributed by atoms with Crippen LogP contribution < -0.4 is 5.32 Å². The maximum atomic E-state index is 12.2. The second-order valence-corrected chi connectivity index (χ2v) is 5.30. The summed E-state index contributed by atoms with van der Waals surface area (Å²) in [4.78, 5) is 38.2. The summed E-state index contributed by atoms with van der Waals surface area (Å²) in [5, 5.41) is 2.50. The summed E-state index contributed by atoms with van der Waals surface area (Å²) in [6, 6.07) is -0.471. The first-order chi connectivity index (χ1) is 9.16. The molecule has 2 heterocycles. The summed E-state index contributed by atoms with van der Waals surface area (Å²) in [7, 11) is 0. The van der Waals surface area contributed by atoms with Crippen molar-refractivity contribution in [3.63, 3.8) is 0 Å². The second kappa shape index (κ2) is 4.68. The van der Waals surface area contributed by atoms with E-state index < -0.39 is 0 Å². The molecule has 4 amide bonds. The van der Waals surface area contributed by atoms with Crippen molar-refractivity contribution in [2.24, 2.45) is 5.92 Å². The maximum Gasteiger partial charge on any atom is 0.324 e. The van der Waals surface area contributed by atoms with Crippen molar-refractivity contribution in [1.29, 1.82) is 0 Å². The monoisotopic (exact) mass is 263 g/mol. The minimum Gasteiger partial charge on any atom is -0.338 e. The van der Waals surface area contributed by atoms with Crippen molar-refractivity contribution in [3.8, 4) is 0 Å². The number of carbonyl (C=O) groups is 3. The molecule has 0 aromatic rings. The number of rotatable bonds is 2. The average molecular weight is 263 g/mol. The van der Waals surface area contributed by atoms with Crippen LogP contribution in [0.25, 0.3) is 0 Å². The first-order valence-corrected chi connectivity index (χ1v) is 6.70. The molecular weight excluding hydrogens is 246 g/mol. The van der Waals surface area contributed by atoms with Gasteiger partial charge in [0.15, 0.2) is 0 Å². The van der Waals surface area contributed by atoms with Crippen LogP contribution in [0.15, 0.2) is 12.2 Å². The van der Waals surface area contributed by atoms with Gasteiger partial charge in [0.1, 0.15) is 0 Å². The van der Waals surface area contributed by atoms with Gasteiger partial charge in [0, 0.05) is 19.0 Å². The molecule has 0 aromatic carbocycles. The van der Waals surface area contributed by atoms with Gasteiger partial charge in [-0.3, -0.25) is 14.5 Å². The van der Waals surface area contributed by atoms with Crippen LogP contribution in [0.1, 0.15) is 19.3 Å². The zero-order chi connectivity index (χ0) is 13.4. The fraction of sp³-hybridized carbons (Fsp3) is 0.615. The van der Waals surface area contributed by atoms with Crippen molar-refractivity contribution in [2.75, 3.05) is 19.6 Å². The summed E-state index contributed by atoms with van der Waals surface area (Å²) in [6.07, 6.45) is 6.83. The van der Waals surface area contributed by atoms with Crippen LogP contribution in [0.5, 0.6) is 0 Å². The lowest BCUT2D eigenvalue weighted by Crippen LogP contribution is -2.63. The van der Waals surface area contributed by atoms with E-state index in [1.807, 2.05) is 0 Å². The number of likely N-dealkylation sites (tertiary alicyclic amines) is 1. The molecule has 3 rings (SSSR count). The zero-order valence-corrected chi connectivity index (χ0v) is 10.7. The Hall–Kier alpha value is -1.85. The number of imide groups is 1. The van der Waals surface area contributed by atoms with E-state index in [1.165, 1.54) is 4.90 Å². The number of hydrogen-bond acceptors (Lipinski definition) is 3. The summed E-state index contributed by atoms with van der Waals surface area (Å²) < 4.78 is 0. The molecule has 0 saturated carbocycles. The molecular formula is C13H17N3O3. The topological polar surface area (TPSA) is 69.7 Å². The Morgan fingerprint density at radius 1 is 1.26 bits per heavy atom.